The van der Waals surface area contributed by atoms with Gasteiger partial charge in [0.2, 0.25) is 5.91 Å². The molecule has 0 radical (unpaired) electrons. The maximum atomic E-state index is 13.8. The quantitative estimate of drug-likeness (QED) is 0.391. The number of nitrogens with zero attached hydrogens (tertiary/aromatic N) is 3. The normalized spacial score (nSPS) is 41.2. The Morgan fingerprint density at radius 3 is 2.49 bits per heavy atom. The Balaban J connectivity index is 1.22. The molecule has 2 unspecified atom stereocenters. The van der Waals surface area contributed by atoms with Crippen LogP contribution >= 0.6 is 0 Å². The number of esters is 1. The van der Waals surface area contributed by atoms with Crippen LogP contribution in [0.2, 0.25) is 0 Å². The number of carboxylic acids is 1. The molecule has 1 amide bonds. The molecular weight excluding hydrogens is 448 g/mol. The largest absolute Gasteiger partial charge is 0.481 e. The van der Waals surface area contributed by atoms with E-state index >= 15 is 0 Å². The number of carboxylic acid groups (broad SMARTS) is 1. The number of hydrogen-bond acceptors (Lipinski definition) is 7. The predicted octanol–water partition coefficient (Wildman–Crippen LogP) is 1.42. The molecule has 0 aromatic carbocycles. The van der Waals surface area contributed by atoms with E-state index in [-0.39, 0.29) is 30.8 Å². The van der Waals surface area contributed by atoms with Gasteiger partial charge in [-0.2, -0.15) is 5.26 Å². The number of nitrogens with two attached hydrogens (primary N) is 1. The maximum absolute atomic E-state index is 13.8. The minimum absolute atomic E-state index is 0.0951. The highest BCUT2D eigenvalue weighted by atomic mass is 16.6. The molecule has 6 bridgehead atoms. The number of rotatable bonds is 8. The van der Waals surface area contributed by atoms with Gasteiger partial charge in [0.25, 0.3) is 0 Å². The number of piperidine rings is 1. The van der Waals surface area contributed by atoms with Gasteiger partial charge in [-0.3, -0.25) is 19.3 Å². The lowest BCUT2D eigenvalue weighted by molar-refractivity contribution is -0.209. The van der Waals surface area contributed by atoms with E-state index < -0.39 is 35.1 Å². The smallest absolute Gasteiger partial charge is 0.323 e. The van der Waals surface area contributed by atoms with Gasteiger partial charge in [-0.05, 0) is 81.9 Å². The molecule has 6 fully saturated rings. The number of likely N-dealkylation sites (N-methyl/N-ethyl adjacent to an activating group) is 1. The number of aliphatic carboxylic acids is 1. The fourth-order valence-corrected chi connectivity index (χ4v) is 8.58. The molecule has 0 aromatic rings. The van der Waals surface area contributed by atoms with Gasteiger partial charge in [-0.1, -0.05) is 5.57 Å². The molecule has 35 heavy (non-hydrogen) atoms. The summed E-state index contributed by atoms with van der Waals surface area (Å²) >= 11 is 0. The van der Waals surface area contributed by atoms with Crippen molar-refractivity contribution in [2.45, 2.75) is 87.6 Å². The van der Waals surface area contributed by atoms with Gasteiger partial charge in [0, 0.05) is 18.8 Å². The molecule has 5 saturated carbocycles. The van der Waals surface area contributed by atoms with Gasteiger partial charge in [-0.25, -0.2) is 0 Å². The topological polar surface area (TPSA) is 137 Å². The lowest BCUT2D eigenvalue weighted by atomic mass is 9.46. The van der Waals surface area contributed by atoms with Crippen molar-refractivity contribution in [1.82, 2.24) is 9.80 Å². The Kier molecular flexibility index (Phi) is 4.95. The zero-order valence-electron chi connectivity index (χ0n) is 20.4. The van der Waals surface area contributed by atoms with E-state index in [0.717, 1.165) is 32.1 Å². The van der Waals surface area contributed by atoms with E-state index in [0.29, 0.717) is 30.6 Å². The molecule has 0 spiro atoms. The summed E-state index contributed by atoms with van der Waals surface area (Å²) < 4.78 is 6.27. The number of carbonyl (C=O) groups excluding carboxylic acids is 2. The van der Waals surface area contributed by atoms with Crippen LogP contribution in [0.4, 0.5) is 0 Å². The van der Waals surface area contributed by atoms with Crippen LogP contribution in [0.1, 0.15) is 57.8 Å². The van der Waals surface area contributed by atoms with Gasteiger partial charge in [-0.15, -0.1) is 0 Å². The number of nitriles is 1. The second kappa shape index (κ2) is 7.53. The Labute approximate surface area is 205 Å². The van der Waals surface area contributed by atoms with Crippen LogP contribution in [0.25, 0.3) is 0 Å². The summed E-state index contributed by atoms with van der Waals surface area (Å²) in [6.07, 6.45) is 5.67. The summed E-state index contributed by atoms with van der Waals surface area (Å²) in [5, 5.41) is 18.8. The molecule has 9 heteroatoms. The van der Waals surface area contributed by atoms with Crippen LogP contribution in [-0.2, 0) is 19.1 Å². The van der Waals surface area contributed by atoms with Crippen molar-refractivity contribution >= 4 is 17.8 Å². The van der Waals surface area contributed by atoms with Crippen molar-refractivity contribution in [3.8, 4) is 6.07 Å². The van der Waals surface area contributed by atoms with Gasteiger partial charge >= 0.3 is 11.9 Å². The number of ether oxygens (including phenoxy) is 1. The molecule has 3 N–H and O–H groups in total. The van der Waals surface area contributed by atoms with E-state index in [1.54, 1.807) is 23.9 Å². The average molecular weight is 483 g/mol. The summed E-state index contributed by atoms with van der Waals surface area (Å²) in [4.78, 5) is 41.6. The first kappa shape index (κ1) is 23.0. The Morgan fingerprint density at radius 2 is 1.91 bits per heavy atom. The third kappa shape index (κ3) is 3.44. The first-order valence-corrected chi connectivity index (χ1v) is 12.9. The summed E-state index contributed by atoms with van der Waals surface area (Å²) in [7, 11) is 3.52. The average Bonchev–Trinajstić information content (AvgIpc) is 3.68. The summed E-state index contributed by atoms with van der Waals surface area (Å²) in [6, 6.07) is 0.652. The van der Waals surface area contributed by atoms with Crippen LogP contribution in [0.3, 0.4) is 0 Å². The monoisotopic (exact) mass is 482 g/mol. The second-order valence-electron chi connectivity index (χ2n) is 12.3. The van der Waals surface area contributed by atoms with Crippen molar-refractivity contribution in [2.75, 3.05) is 14.1 Å². The Bertz CT molecular complexity index is 1060. The molecule has 1 saturated heterocycles. The molecule has 2 heterocycles. The van der Waals surface area contributed by atoms with Crippen LogP contribution in [-0.4, -0.2) is 76.6 Å². The third-order valence-corrected chi connectivity index (χ3v) is 9.80. The van der Waals surface area contributed by atoms with Gasteiger partial charge in [0.05, 0.1) is 18.2 Å². The number of carbonyl (C=O) groups is 3. The predicted molar refractivity (Wildman–Crippen MR) is 123 cm³/mol. The van der Waals surface area contributed by atoms with Gasteiger partial charge in [0.15, 0.2) is 0 Å². The minimum atomic E-state index is -0.938. The maximum Gasteiger partial charge on any atom is 0.323 e. The molecule has 8 aliphatic rings. The molecule has 7 atom stereocenters. The van der Waals surface area contributed by atoms with Crippen molar-refractivity contribution in [3.05, 3.63) is 11.1 Å². The van der Waals surface area contributed by atoms with Gasteiger partial charge < -0.3 is 20.5 Å². The summed E-state index contributed by atoms with van der Waals surface area (Å²) in [5.74, 6) is -0.295. The van der Waals surface area contributed by atoms with Crippen molar-refractivity contribution < 1.29 is 24.2 Å². The zero-order valence-corrected chi connectivity index (χ0v) is 20.4. The van der Waals surface area contributed by atoms with E-state index in [2.05, 4.69) is 6.07 Å². The molecular formula is C26H34N4O5. The second-order valence-corrected chi connectivity index (χ2v) is 12.3. The number of amides is 1. The highest BCUT2D eigenvalue weighted by Gasteiger charge is 2.71. The fourth-order valence-electron chi connectivity index (χ4n) is 8.58. The van der Waals surface area contributed by atoms with Crippen LogP contribution < -0.4 is 5.73 Å². The molecule has 6 aliphatic carbocycles. The fraction of sp³-hybridized carbons (Fsp3) is 0.769. The van der Waals surface area contributed by atoms with Crippen LogP contribution in [0.5, 0.6) is 0 Å². The van der Waals surface area contributed by atoms with Crippen LogP contribution in [0.15, 0.2) is 11.1 Å². The van der Waals surface area contributed by atoms with E-state index in [9.17, 15) is 19.6 Å². The highest BCUT2D eigenvalue weighted by Crippen LogP contribution is 2.70. The van der Waals surface area contributed by atoms with Gasteiger partial charge in [0.1, 0.15) is 17.7 Å². The molecule has 188 valence electrons. The standard InChI is InChI=1S/C26H34N4O5/c1-29(2)17(3-4-18(31)32)24(34)35-26-9-13-5-14(10-26)8-25(7-13,12-26)22(28)23(33)30-15(11-27)6-16-19-20(16)21(19)30/h13-15,17,19,21-22H,3-10,12,28H2,1-2H3,(H,31,32)/t13?,14?,15-,17-,19+,21-,22+,25?,26?/m0/s1. The number of hydrogen-bond donors (Lipinski definition) is 2. The zero-order chi connectivity index (χ0) is 24.9. The summed E-state index contributed by atoms with van der Waals surface area (Å²) in [6.45, 7) is 0. The molecule has 9 nitrogen and oxygen atoms in total. The molecule has 8 rings (SSSR count). The summed E-state index contributed by atoms with van der Waals surface area (Å²) in [5.41, 5.74) is 8.45. The SMILES string of the molecule is CN(C)[C@@H](CCC(=O)O)C(=O)OC12CC3CC(C1)CC([C@H](N)C(=O)N1[C@H](C#N)CC4=C5[C@@H]4[C@@H]51)(C3)C2. The molecule has 0 aromatic heterocycles. The third-order valence-electron chi connectivity index (χ3n) is 9.80. The Morgan fingerprint density at radius 1 is 1.26 bits per heavy atom. The lowest BCUT2D eigenvalue weighted by Crippen LogP contribution is -2.66. The van der Waals surface area contributed by atoms with Crippen molar-refractivity contribution in [1.29, 1.82) is 5.26 Å². The first-order valence-electron chi connectivity index (χ1n) is 12.9. The van der Waals surface area contributed by atoms with E-state index in [1.165, 1.54) is 11.1 Å². The van der Waals surface area contributed by atoms with Crippen LogP contribution in [0, 0.1) is 34.5 Å². The lowest BCUT2D eigenvalue weighted by Gasteiger charge is -2.62. The van der Waals surface area contributed by atoms with E-state index in [1.807, 2.05) is 0 Å². The molecule has 2 aliphatic heterocycles. The van der Waals surface area contributed by atoms with Crippen molar-refractivity contribution in [3.63, 3.8) is 0 Å². The Hall–Kier alpha value is -2.44. The first-order chi connectivity index (χ1) is 16.6. The highest BCUT2D eigenvalue weighted by molar-refractivity contribution is 5.88. The van der Waals surface area contributed by atoms with Crippen molar-refractivity contribution in [2.24, 2.45) is 28.9 Å². The minimum Gasteiger partial charge on any atom is -0.481 e. The number of fused-ring (bicyclic) bond motifs is 2. The van der Waals surface area contributed by atoms with E-state index in [4.69, 9.17) is 15.6 Å².